The van der Waals surface area contributed by atoms with Crippen molar-refractivity contribution in [3.05, 3.63) is 34.9 Å². The lowest BCUT2D eigenvalue weighted by molar-refractivity contribution is -0.123. The maximum Gasteiger partial charge on any atom is 0.237 e. The molecule has 1 amide bonds. The molecule has 0 aliphatic carbocycles. The highest BCUT2D eigenvalue weighted by atomic mass is 35.5. The van der Waals surface area contributed by atoms with Crippen molar-refractivity contribution in [2.24, 2.45) is 11.7 Å². The number of carbonyl (C=O) groups excluding carboxylic acids is 1. The van der Waals surface area contributed by atoms with Gasteiger partial charge in [0, 0.05) is 5.02 Å². The van der Waals surface area contributed by atoms with Gasteiger partial charge in [0.2, 0.25) is 5.91 Å². The summed E-state index contributed by atoms with van der Waals surface area (Å²) in [4.78, 5) is 11.8. The van der Waals surface area contributed by atoms with Gasteiger partial charge in [-0.2, -0.15) is 0 Å². The number of carbonyl (C=O) groups is 1. The standard InChI is InChI=1S/C13H19ClN2O.ClH/c1-8(2)12(15)13(17)16-9(3)10-5-4-6-11(14)7-10;/h4-9,12H,15H2,1-3H3,(H,16,17);1H/t9-,12+;/m1./s1. The number of benzene rings is 1. The Balaban J connectivity index is 0.00000289. The summed E-state index contributed by atoms with van der Waals surface area (Å²) in [6, 6.07) is 6.87. The topological polar surface area (TPSA) is 55.1 Å². The molecule has 0 heterocycles. The van der Waals surface area contributed by atoms with Gasteiger partial charge >= 0.3 is 0 Å². The summed E-state index contributed by atoms with van der Waals surface area (Å²) in [7, 11) is 0. The number of nitrogens with two attached hydrogens (primary N) is 1. The van der Waals surface area contributed by atoms with Crippen molar-refractivity contribution in [2.45, 2.75) is 32.9 Å². The summed E-state index contributed by atoms with van der Waals surface area (Å²) in [5.74, 6) is -0.00552. The minimum atomic E-state index is -0.475. The lowest BCUT2D eigenvalue weighted by Gasteiger charge is -2.20. The van der Waals surface area contributed by atoms with Crippen molar-refractivity contribution in [1.82, 2.24) is 5.32 Å². The van der Waals surface area contributed by atoms with E-state index in [1.165, 1.54) is 0 Å². The van der Waals surface area contributed by atoms with Gasteiger partial charge in [0.15, 0.2) is 0 Å². The first-order valence-electron chi connectivity index (χ1n) is 5.73. The zero-order chi connectivity index (χ0) is 13.0. The largest absolute Gasteiger partial charge is 0.348 e. The average Bonchev–Trinajstić information content (AvgIpc) is 2.27. The molecule has 1 rings (SSSR count). The van der Waals surface area contributed by atoms with Gasteiger partial charge in [0.25, 0.3) is 0 Å². The van der Waals surface area contributed by atoms with E-state index in [-0.39, 0.29) is 30.3 Å². The van der Waals surface area contributed by atoms with Crippen LogP contribution in [0.2, 0.25) is 5.02 Å². The van der Waals surface area contributed by atoms with Crippen LogP contribution in [0.4, 0.5) is 0 Å². The number of nitrogens with one attached hydrogen (secondary N) is 1. The third kappa shape index (κ3) is 4.84. The Morgan fingerprint density at radius 2 is 1.94 bits per heavy atom. The van der Waals surface area contributed by atoms with E-state index in [1.807, 2.05) is 39.0 Å². The first kappa shape index (κ1) is 17.2. The van der Waals surface area contributed by atoms with E-state index in [0.717, 1.165) is 5.56 Å². The Labute approximate surface area is 119 Å². The monoisotopic (exact) mass is 290 g/mol. The van der Waals surface area contributed by atoms with E-state index < -0.39 is 6.04 Å². The fourth-order valence-electron chi connectivity index (χ4n) is 1.47. The smallest absolute Gasteiger partial charge is 0.237 e. The first-order chi connectivity index (χ1) is 7.91. The quantitative estimate of drug-likeness (QED) is 0.896. The molecule has 18 heavy (non-hydrogen) atoms. The van der Waals surface area contributed by atoms with Crippen molar-refractivity contribution in [3.63, 3.8) is 0 Å². The third-order valence-electron chi connectivity index (χ3n) is 2.73. The molecule has 0 bridgehead atoms. The molecule has 5 heteroatoms. The van der Waals surface area contributed by atoms with Crippen LogP contribution < -0.4 is 11.1 Å². The van der Waals surface area contributed by atoms with Crippen molar-refractivity contribution in [3.8, 4) is 0 Å². The summed E-state index contributed by atoms with van der Waals surface area (Å²) in [6.07, 6.45) is 0. The van der Waals surface area contributed by atoms with Gasteiger partial charge < -0.3 is 11.1 Å². The number of amides is 1. The van der Waals surface area contributed by atoms with E-state index in [2.05, 4.69) is 5.32 Å². The fourth-order valence-corrected chi connectivity index (χ4v) is 1.67. The zero-order valence-corrected chi connectivity index (χ0v) is 12.4. The van der Waals surface area contributed by atoms with Crippen LogP contribution >= 0.6 is 24.0 Å². The second-order valence-corrected chi connectivity index (χ2v) is 4.99. The molecule has 3 nitrogen and oxygen atoms in total. The van der Waals surface area contributed by atoms with Gasteiger partial charge in [0.1, 0.15) is 0 Å². The van der Waals surface area contributed by atoms with Crippen LogP contribution in [-0.4, -0.2) is 11.9 Å². The third-order valence-corrected chi connectivity index (χ3v) is 2.96. The van der Waals surface area contributed by atoms with Crippen LogP contribution in [-0.2, 0) is 4.79 Å². The number of hydrogen-bond acceptors (Lipinski definition) is 2. The molecule has 0 aliphatic heterocycles. The van der Waals surface area contributed by atoms with Crippen LogP contribution in [0.5, 0.6) is 0 Å². The van der Waals surface area contributed by atoms with Crippen molar-refractivity contribution in [2.75, 3.05) is 0 Å². The van der Waals surface area contributed by atoms with Gasteiger partial charge in [-0.05, 0) is 30.5 Å². The summed E-state index contributed by atoms with van der Waals surface area (Å²) in [5.41, 5.74) is 6.75. The molecule has 0 saturated heterocycles. The summed E-state index contributed by atoms with van der Waals surface area (Å²) >= 11 is 5.90. The highest BCUT2D eigenvalue weighted by Crippen LogP contribution is 2.17. The lowest BCUT2D eigenvalue weighted by Crippen LogP contribution is -2.44. The predicted molar refractivity (Wildman–Crippen MR) is 78.1 cm³/mol. The van der Waals surface area contributed by atoms with Gasteiger partial charge in [-0.25, -0.2) is 0 Å². The molecule has 0 unspecified atom stereocenters. The predicted octanol–water partition coefficient (Wildman–Crippen LogP) is 2.92. The molecule has 2 atom stereocenters. The molecule has 1 aromatic carbocycles. The van der Waals surface area contributed by atoms with Crippen LogP contribution in [0.3, 0.4) is 0 Å². The van der Waals surface area contributed by atoms with Crippen LogP contribution in [0.1, 0.15) is 32.4 Å². The van der Waals surface area contributed by atoms with E-state index in [1.54, 1.807) is 6.07 Å². The van der Waals surface area contributed by atoms with Gasteiger partial charge in [-0.3, -0.25) is 4.79 Å². The van der Waals surface area contributed by atoms with Crippen molar-refractivity contribution < 1.29 is 4.79 Å². The zero-order valence-electron chi connectivity index (χ0n) is 10.8. The molecule has 0 fully saturated rings. The van der Waals surface area contributed by atoms with Gasteiger partial charge in [-0.15, -0.1) is 12.4 Å². The molecule has 0 aromatic heterocycles. The Morgan fingerprint density at radius 3 is 2.44 bits per heavy atom. The molecule has 0 radical (unpaired) electrons. The second-order valence-electron chi connectivity index (χ2n) is 4.56. The van der Waals surface area contributed by atoms with Crippen LogP contribution in [0, 0.1) is 5.92 Å². The average molecular weight is 291 g/mol. The maximum atomic E-state index is 11.8. The highest BCUT2D eigenvalue weighted by Gasteiger charge is 2.19. The van der Waals surface area contributed by atoms with E-state index in [0.29, 0.717) is 5.02 Å². The minimum Gasteiger partial charge on any atom is -0.348 e. The molecule has 0 spiro atoms. The second kappa shape index (κ2) is 7.62. The van der Waals surface area contributed by atoms with E-state index in [9.17, 15) is 4.79 Å². The highest BCUT2D eigenvalue weighted by molar-refractivity contribution is 6.30. The Kier molecular flexibility index (Phi) is 7.29. The summed E-state index contributed by atoms with van der Waals surface area (Å²) in [6.45, 7) is 5.76. The molecule has 3 N–H and O–H groups in total. The van der Waals surface area contributed by atoms with Crippen LogP contribution in [0.15, 0.2) is 24.3 Å². The summed E-state index contributed by atoms with van der Waals surface area (Å²) in [5, 5.41) is 3.55. The summed E-state index contributed by atoms with van der Waals surface area (Å²) < 4.78 is 0. The number of rotatable bonds is 4. The number of hydrogen-bond donors (Lipinski definition) is 2. The fraction of sp³-hybridized carbons (Fsp3) is 0.462. The lowest BCUT2D eigenvalue weighted by atomic mass is 10.0. The molecule has 0 aliphatic rings. The molecular weight excluding hydrogens is 271 g/mol. The molecular formula is C13H20Cl2N2O. The Morgan fingerprint density at radius 1 is 1.33 bits per heavy atom. The molecule has 1 aromatic rings. The number of halogens is 2. The van der Waals surface area contributed by atoms with Crippen molar-refractivity contribution in [1.29, 1.82) is 0 Å². The molecule has 102 valence electrons. The van der Waals surface area contributed by atoms with E-state index in [4.69, 9.17) is 17.3 Å². The molecule has 0 saturated carbocycles. The Hall–Kier alpha value is -0.770. The van der Waals surface area contributed by atoms with Gasteiger partial charge in [0.05, 0.1) is 12.1 Å². The SMILES string of the molecule is CC(C)[C@H](N)C(=O)N[C@H](C)c1cccc(Cl)c1.Cl. The normalized spacial score (nSPS) is 13.7. The first-order valence-corrected chi connectivity index (χ1v) is 6.11. The Bertz CT molecular complexity index is 396. The van der Waals surface area contributed by atoms with Crippen LogP contribution in [0.25, 0.3) is 0 Å². The van der Waals surface area contributed by atoms with Gasteiger partial charge in [-0.1, -0.05) is 37.6 Å². The minimum absolute atomic E-state index is 0. The van der Waals surface area contributed by atoms with E-state index >= 15 is 0 Å². The van der Waals surface area contributed by atoms with Crippen molar-refractivity contribution >= 4 is 29.9 Å². The maximum absolute atomic E-state index is 11.8.